The highest BCUT2D eigenvalue weighted by atomic mass is 79.9. The van der Waals surface area contributed by atoms with Crippen LogP contribution in [0.25, 0.3) is 10.7 Å². The maximum Gasteiger partial charge on any atom is 0.211 e. The second-order valence-electron chi connectivity index (χ2n) is 5.90. The summed E-state index contributed by atoms with van der Waals surface area (Å²) >= 11 is 11.2. The van der Waals surface area contributed by atoms with Crippen LogP contribution in [0.4, 0.5) is 10.9 Å². The number of rotatable bonds is 5. The quantitative estimate of drug-likeness (QED) is 0.465. The fraction of sp³-hybridized carbons (Fsp3) is 0.176. The van der Waals surface area contributed by atoms with E-state index in [1.807, 2.05) is 59.9 Å². The van der Waals surface area contributed by atoms with E-state index in [0.29, 0.717) is 17.5 Å². The second kappa shape index (κ2) is 7.41. The number of hydrogen-bond acceptors (Lipinski definition) is 6. The first-order valence-electron chi connectivity index (χ1n) is 8.08. The molecule has 4 rings (SSSR count). The number of nitrogens with one attached hydrogen (secondary N) is 1. The van der Waals surface area contributed by atoms with Crippen molar-refractivity contribution in [3.8, 4) is 10.7 Å². The van der Waals surface area contributed by atoms with Gasteiger partial charge in [0, 0.05) is 30.0 Å². The molecule has 0 unspecified atom stereocenters. The van der Waals surface area contributed by atoms with E-state index in [2.05, 4.69) is 41.6 Å². The first-order valence-corrected chi connectivity index (χ1v) is 10.1. The number of benzene rings is 1. The van der Waals surface area contributed by atoms with Crippen molar-refractivity contribution in [2.75, 3.05) is 5.32 Å². The lowest BCUT2D eigenvalue weighted by Gasteiger charge is -2.04. The Balaban J connectivity index is 1.49. The zero-order valence-corrected chi connectivity index (χ0v) is 17.7. The predicted octanol–water partition coefficient (Wildman–Crippen LogP) is 4.65. The Labute approximate surface area is 173 Å². The summed E-state index contributed by atoms with van der Waals surface area (Å²) in [7, 11) is 1.90. The van der Waals surface area contributed by atoms with E-state index in [1.165, 1.54) is 11.3 Å². The van der Waals surface area contributed by atoms with E-state index >= 15 is 0 Å². The molecule has 0 spiro atoms. The zero-order chi connectivity index (χ0) is 19.0. The monoisotopic (exact) mass is 463 g/mol. The van der Waals surface area contributed by atoms with E-state index in [-0.39, 0.29) is 0 Å². The Morgan fingerprint density at radius 2 is 2.00 bits per heavy atom. The van der Waals surface area contributed by atoms with Gasteiger partial charge in [0.1, 0.15) is 5.69 Å². The van der Waals surface area contributed by atoms with Gasteiger partial charge in [-0.05, 0) is 34.5 Å². The van der Waals surface area contributed by atoms with Crippen molar-refractivity contribution >= 4 is 49.8 Å². The van der Waals surface area contributed by atoms with Gasteiger partial charge in [0.05, 0.1) is 11.0 Å². The molecule has 0 saturated carbocycles. The third-order valence-electron chi connectivity index (χ3n) is 4.05. The largest absolute Gasteiger partial charge is 0.313 e. The predicted molar refractivity (Wildman–Crippen MR) is 111 cm³/mol. The number of halogens is 2. The van der Waals surface area contributed by atoms with E-state index in [0.717, 1.165) is 31.5 Å². The molecular weight excluding hydrogens is 450 g/mol. The molecule has 3 aromatic heterocycles. The van der Waals surface area contributed by atoms with Gasteiger partial charge in [-0.3, -0.25) is 9.36 Å². The Bertz CT molecular complexity index is 1100. The summed E-state index contributed by atoms with van der Waals surface area (Å²) in [5, 5.41) is 22.7. The van der Waals surface area contributed by atoms with E-state index < -0.39 is 0 Å². The maximum absolute atomic E-state index is 6.21. The molecule has 0 atom stereocenters. The first kappa shape index (κ1) is 18.1. The fourth-order valence-electron chi connectivity index (χ4n) is 2.52. The fourth-order valence-corrected chi connectivity index (χ4v) is 4.11. The van der Waals surface area contributed by atoms with Gasteiger partial charge in [-0.2, -0.15) is 10.2 Å². The zero-order valence-electron chi connectivity index (χ0n) is 14.5. The van der Waals surface area contributed by atoms with Gasteiger partial charge < -0.3 is 5.32 Å². The van der Waals surface area contributed by atoms with Gasteiger partial charge >= 0.3 is 0 Å². The SMILES string of the molecule is Cc1c(Br)c(-c2nnc(Nc3ccn(Cc4ccccc4Cl)n3)s2)nn1C. The van der Waals surface area contributed by atoms with Crippen LogP contribution in [0.3, 0.4) is 0 Å². The highest BCUT2D eigenvalue weighted by molar-refractivity contribution is 9.10. The summed E-state index contributed by atoms with van der Waals surface area (Å²) in [4.78, 5) is 0. The van der Waals surface area contributed by atoms with Crippen LogP contribution in [0.1, 0.15) is 11.3 Å². The molecule has 0 aliphatic rings. The number of hydrogen-bond donors (Lipinski definition) is 1. The van der Waals surface area contributed by atoms with Gasteiger partial charge in [0.25, 0.3) is 0 Å². The molecular formula is C17H15BrClN7S. The van der Waals surface area contributed by atoms with Crippen LogP contribution in [-0.4, -0.2) is 29.8 Å². The van der Waals surface area contributed by atoms with Gasteiger partial charge in [-0.1, -0.05) is 41.1 Å². The van der Waals surface area contributed by atoms with E-state index in [1.54, 1.807) is 0 Å². The molecule has 0 saturated heterocycles. The second-order valence-corrected chi connectivity index (χ2v) is 8.08. The molecule has 0 aliphatic heterocycles. The molecule has 10 heteroatoms. The lowest BCUT2D eigenvalue weighted by Crippen LogP contribution is -2.01. The van der Waals surface area contributed by atoms with Crippen LogP contribution in [0.5, 0.6) is 0 Å². The van der Waals surface area contributed by atoms with Crippen molar-refractivity contribution in [1.82, 2.24) is 29.8 Å². The van der Waals surface area contributed by atoms with Crippen molar-refractivity contribution in [1.29, 1.82) is 0 Å². The van der Waals surface area contributed by atoms with E-state index in [4.69, 9.17) is 11.6 Å². The molecule has 0 aliphatic carbocycles. The average Bonchev–Trinajstić information content (AvgIpc) is 3.35. The smallest absolute Gasteiger partial charge is 0.211 e. The van der Waals surface area contributed by atoms with Crippen LogP contribution < -0.4 is 5.32 Å². The Morgan fingerprint density at radius 3 is 2.74 bits per heavy atom. The molecule has 0 amide bonds. The Kier molecular flexibility index (Phi) is 4.98. The summed E-state index contributed by atoms with van der Waals surface area (Å²) in [6.07, 6.45) is 1.90. The molecule has 4 aromatic rings. The minimum absolute atomic E-state index is 0.600. The Morgan fingerprint density at radius 1 is 1.19 bits per heavy atom. The molecule has 0 radical (unpaired) electrons. The van der Waals surface area contributed by atoms with Crippen LogP contribution >= 0.6 is 38.9 Å². The van der Waals surface area contributed by atoms with Crippen molar-refractivity contribution in [2.24, 2.45) is 7.05 Å². The number of aryl methyl sites for hydroxylation is 1. The lowest BCUT2D eigenvalue weighted by atomic mass is 10.2. The normalized spacial score (nSPS) is 11.1. The van der Waals surface area contributed by atoms with Crippen molar-refractivity contribution < 1.29 is 0 Å². The number of aromatic nitrogens is 6. The summed E-state index contributed by atoms with van der Waals surface area (Å²) in [5.74, 6) is 0.695. The maximum atomic E-state index is 6.21. The Hall–Kier alpha value is -2.23. The average molecular weight is 465 g/mol. The highest BCUT2D eigenvalue weighted by Crippen LogP contribution is 2.33. The summed E-state index contributed by atoms with van der Waals surface area (Å²) in [6, 6.07) is 9.62. The highest BCUT2D eigenvalue weighted by Gasteiger charge is 2.17. The third kappa shape index (κ3) is 3.76. The molecule has 27 heavy (non-hydrogen) atoms. The minimum atomic E-state index is 0.600. The molecule has 0 fully saturated rings. The number of nitrogens with zero attached hydrogens (tertiary/aromatic N) is 6. The lowest BCUT2D eigenvalue weighted by molar-refractivity contribution is 0.690. The topological polar surface area (TPSA) is 73.5 Å². The molecule has 1 N–H and O–H groups in total. The van der Waals surface area contributed by atoms with E-state index in [9.17, 15) is 0 Å². The van der Waals surface area contributed by atoms with Crippen molar-refractivity contribution in [3.05, 3.63) is 57.3 Å². The molecule has 7 nitrogen and oxygen atoms in total. The third-order valence-corrected chi connectivity index (χ3v) is 6.22. The summed E-state index contributed by atoms with van der Waals surface area (Å²) in [6.45, 7) is 2.59. The van der Waals surface area contributed by atoms with Crippen molar-refractivity contribution in [2.45, 2.75) is 13.5 Å². The summed E-state index contributed by atoms with van der Waals surface area (Å²) in [5.41, 5.74) is 2.83. The first-order chi connectivity index (χ1) is 13.0. The van der Waals surface area contributed by atoms with Crippen LogP contribution in [0.2, 0.25) is 5.02 Å². The molecule has 0 bridgehead atoms. The van der Waals surface area contributed by atoms with Crippen molar-refractivity contribution in [3.63, 3.8) is 0 Å². The molecule has 3 heterocycles. The van der Waals surface area contributed by atoms with Gasteiger partial charge in [0.2, 0.25) is 5.13 Å². The van der Waals surface area contributed by atoms with Gasteiger partial charge in [0.15, 0.2) is 10.8 Å². The molecule has 138 valence electrons. The summed E-state index contributed by atoms with van der Waals surface area (Å²) < 4.78 is 4.56. The minimum Gasteiger partial charge on any atom is -0.313 e. The van der Waals surface area contributed by atoms with Crippen LogP contribution in [0, 0.1) is 6.92 Å². The molecule has 1 aromatic carbocycles. The van der Waals surface area contributed by atoms with Gasteiger partial charge in [-0.15, -0.1) is 10.2 Å². The van der Waals surface area contributed by atoms with Crippen LogP contribution in [0.15, 0.2) is 41.0 Å². The van der Waals surface area contributed by atoms with Gasteiger partial charge in [-0.25, -0.2) is 0 Å². The van der Waals surface area contributed by atoms with Crippen LogP contribution in [-0.2, 0) is 13.6 Å². The number of anilines is 2. The standard InChI is InChI=1S/C17H15BrClN7S/c1-10-14(18)15(24-25(10)2)16-21-22-17(27-16)20-13-7-8-26(23-13)9-11-5-3-4-6-12(11)19/h3-8H,9H2,1-2H3,(H,20,22,23).